The second-order valence-electron chi connectivity index (χ2n) is 4.07. The van der Waals surface area contributed by atoms with Gasteiger partial charge in [-0.2, -0.15) is 5.10 Å². The monoisotopic (exact) mass is 245 g/mol. The molecule has 0 fully saturated rings. The van der Waals surface area contributed by atoms with Crippen LogP contribution in [0.5, 0.6) is 5.75 Å². The maximum absolute atomic E-state index is 11.7. The number of hydrogen-bond acceptors (Lipinski definition) is 3. The molecule has 18 heavy (non-hydrogen) atoms. The molecule has 1 aromatic carbocycles. The zero-order valence-corrected chi connectivity index (χ0v) is 10.1. The van der Waals surface area contributed by atoms with Crippen LogP contribution in [0.1, 0.15) is 12.1 Å². The quantitative estimate of drug-likeness (QED) is 0.864. The van der Waals surface area contributed by atoms with E-state index < -0.39 is 0 Å². The molecule has 0 spiro atoms. The van der Waals surface area contributed by atoms with Crippen LogP contribution in [0.15, 0.2) is 36.5 Å². The fourth-order valence-corrected chi connectivity index (χ4v) is 1.61. The van der Waals surface area contributed by atoms with Crippen LogP contribution >= 0.6 is 0 Å². The highest BCUT2D eigenvalue weighted by molar-refractivity contribution is 5.90. The predicted octanol–water partition coefficient (Wildman–Crippen LogP) is 1.93. The number of carbonyl (C=O) groups excluding carboxylic acids is 1. The highest BCUT2D eigenvalue weighted by Gasteiger charge is 2.04. The summed E-state index contributed by atoms with van der Waals surface area (Å²) in [5.41, 5.74) is 1.53. The molecule has 0 unspecified atom stereocenters. The molecule has 0 aliphatic carbocycles. The average molecular weight is 245 g/mol. The van der Waals surface area contributed by atoms with Gasteiger partial charge >= 0.3 is 0 Å². The van der Waals surface area contributed by atoms with Crippen molar-refractivity contribution in [2.75, 3.05) is 5.32 Å². The molecular weight excluding hydrogens is 230 g/mol. The fraction of sp³-hybridized carbons (Fsp3) is 0.231. The van der Waals surface area contributed by atoms with Crippen molar-refractivity contribution in [3.63, 3.8) is 0 Å². The van der Waals surface area contributed by atoms with Gasteiger partial charge in [0.15, 0.2) is 0 Å². The molecule has 0 atom stereocenters. The van der Waals surface area contributed by atoms with Crippen LogP contribution in [0, 0.1) is 6.92 Å². The summed E-state index contributed by atoms with van der Waals surface area (Å²) in [6.45, 7) is 2.45. The van der Waals surface area contributed by atoms with Crippen molar-refractivity contribution < 1.29 is 9.90 Å². The zero-order valence-electron chi connectivity index (χ0n) is 10.1. The number of nitrogens with zero attached hydrogens (tertiary/aromatic N) is 2. The molecule has 0 saturated heterocycles. The molecule has 0 radical (unpaired) electrons. The standard InChI is InChI=1S/C13H15N3O2/c1-10-5-7-16(15-10)8-6-13(18)14-11-3-2-4-12(17)9-11/h2-5,7,9,17H,6,8H2,1H3,(H,14,18). The number of anilines is 1. The smallest absolute Gasteiger partial charge is 0.226 e. The van der Waals surface area contributed by atoms with E-state index in [9.17, 15) is 9.90 Å². The van der Waals surface area contributed by atoms with Crippen molar-refractivity contribution in [3.05, 3.63) is 42.2 Å². The first kappa shape index (κ1) is 12.2. The van der Waals surface area contributed by atoms with E-state index in [0.29, 0.717) is 18.7 Å². The largest absolute Gasteiger partial charge is 0.508 e. The molecule has 2 aromatic rings. The van der Waals surface area contributed by atoms with Crippen LogP contribution in [0.25, 0.3) is 0 Å². The van der Waals surface area contributed by atoms with Gasteiger partial charge in [0.1, 0.15) is 5.75 Å². The van der Waals surface area contributed by atoms with E-state index in [1.54, 1.807) is 22.9 Å². The molecule has 0 bridgehead atoms. The van der Waals surface area contributed by atoms with Crippen LogP contribution in [-0.4, -0.2) is 20.8 Å². The summed E-state index contributed by atoms with van der Waals surface area (Å²) in [6.07, 6.45) is 2.19. The van der Waals surface area contributed by atoms with E-state index in [4.69, 9.17) is 0 Å². The zero-order chi connectivity index (χ0) is 13.0. The molecule has 1 amide bonds. The van der Waals surface area contributed by atoms with Crippen LogP contribution < -0.4 is 5.32 Å². The van der Waals surface area contributed by atoms with Gasteiger partial charge in [-0.15, -0.1) is 0 Å². The Bertz CT molecular complexity index is 549. The first-order chi connectivity index (χ1) is 8.63. The Hall–Kier alpha value is -2.30. The molecule has 5 heteroatoms. The Morgan fingerprint density at radius 3 is 2.94 bits per heavy atom. The Morgan fingerprint density at radius 1 is 1.44 bits per heavy atom. The Balaban J connectivity index is 1.85. The van der Waals surface area contributed by atoms with Gasteiger partial charge < -0.3 is 10.4 Å². The number of rotatable bonds is 4. The van der Waals surface area contributed by atoms with Gasteiger partial charge in [-0.1, -0.05) is 6.07 Å². The van der Waals surface area contributed by atoms with Crippen molar-refractivity contribution in [2.45, 2.75) is 19.9 Å². The molecule has 0 aliphatic rings. The highest BCUT2D eigenvalue weighted by Crippen LogP contribution is 2.15. The SMILES string of the molecule is Cc1ccn(CCC(=O)Nc2cccc(O)c2)n1. The summed E-state index contributed by atoms with van der Waals surface area (Å²) < 4.78 is 1.73. The van der Waals surface area contributed by atoms with E-state index in [-0.39, 0.29) is 11.7 Å². The van der Waals surface area contributed by atoms with Gasteiger partial charge in [0.25, 0.3) is 0 Å². The summed E-state index contributed by atoms with van der Waals surface area (Å²) in [4.78, 5) is 11.7. The predicted molar refractivity (Wildman–Crippen MR) is 68.3 cm³/mol. The Morgan fingerprint density at radius 2 is 2.28 bits per heavy atom. The second-order valence-corrected chi connectivity index (χ2v) is 4.07. The summed E-state index contributed by atoms with van der Waals surface area (Å²) in [5, 5.41) is 16.2. The van der Waals surface area contributed by atoms with Gasteiger partial charge in [0.05, 0.1) is 5.69 Å². The number of benzene rings is 1. The first-order valence-electron chi connectivity index (χ1n) is 5.72. The Labute approximate surface area is 105 Å². The van der Waals surface area contributed by atoms with Crippen molar-refractivity contribution in [2.24, 2.45) is 0 Å². The molecular formula is C13H15N3O2. The van der Waals surface area contributed by atoms with Gasteiger partial charge in [-0.3, -0.25) is 9.48 Å². The van der Waals surface area contributed by atoms with Crippen molar-refractivity contribution in [3.8, 4) is 5.75 Å². The number of nitrogens with one attached hydrogen (secondary N) is 1. The summed E-state index contributed by atoms with van der Waals surface area (Å²) in [5.74, 6) is 0.0317. The van der Waals surface area contributed by atoms with E-state index in [0.717, 1.165) is 5.69 Å². The van der Waals surface area contributed by atoms with E-state index in [1.165, 1.54) is 6.07 Å². The number of phenolic OH excluding ortho intramolecular Hbond substituents is 1. The number of aromatic nitrogens is 2. The molecule has 2 N–H and O–H groups in total. The van der Waals surface area contributed by atoms with Crippen LogP contribution in [0.3, 0.4) is 0 Å². The van der Waals surface area contributed by atoms with E-state index in [1.807, 2.05) is 19.2 Å². The minimum Gasteiger partial charge on any atom is -0.508 e. The second kappa shape index (κ2) is 5.35. The topological polar surface area (TPSA) is 67.2 Å². The van der Waals surface area contributed by atoms with Gasteiger partial charge in [0, 0.05) is 30.9 Å². The molecule has 1 aromatic heterocycles. The average Bonchev–Trinajstić information content (AvgIpc) is 2.73. The number of aryl methyl sites for hydroxylation is 2. The van der Waals surface area contributed by atoms with Crippen molar-refractivity contribution >= 4 is 11.6 Å². The third-order valence-electron chi connectivity index (χ3n) is 2.47. The molecule has 1 heterocycles. The van der Waals surface area contributed by atoms with E-state index >= 15 is 0 Å². The first-order valence-corrected chi connectivity index (χ1v) is 5.72. The maximum atomic E-state index is 11.7. The molecule has 5 nitrogen and oxygen atoms in total. The third kappa shape index (κ3) is 3.35. The summed E-state index contributed by atoms with van der Waals surface area (Å²) in [7, 11) is 0. The summed E-state index contributed by atoms with van der Waals surface area (Å²) in [6, 6.07) is 8.38. The number of aromatic hydroxyl groups is 1. The lowest BCUT2D eigenvalue weighted by atomic mass is 10.3. The molecule has 94 valence electrons. The minimum absolute atomic E-state index is 0.103. The number of phenols is 1. The maximum Gasteiger partial charge on any atom is 0.226 e. The van der Waals surface area contributed by atoms with Gasteiger partial charge in [-0.05, 0) is 25.1 Å². The normalized spacial score (nSPS) is 10.3. The van der Waals surface area contributed by atoms with Crippen LogP contribution in [0.2, 0.25) is 0 Å². The fourth-order valence-electron chi connectivity index (χ4n) is 1.61. The number of amides is 1. The lowest BCUT2D eigenvalue weighted by Crippen LogP contribution is -2.14. The van der Waals surface area contributed by atoms with Gasteiger partial charge in [-0.25, -0.2) is 0 Å². The molecule has 0 saturated carbocycles. The molecule has 2 rings (SSSR count). The summed E-state index contributed by atoms with van der Waals surface area (Å²) >= 11 is 0. The number of hydrogen-bond donors (Lipinski definition) is 2. The lowest BCUT2D eigenvalue weighted by Gasteiger charge is -2.05. The highest BCUT2D eigenvalue weighted by atomic mass is 16.3. The molecule has 0 aliphatic heterocycles. The van der Waals surface area contributed by atoms with Crippen molar-refractivity contribution in [1.29, 1.82) is 0 Å². The third-order valence-corrected chi connectivity index (χ3v) is 2.47. The lowest BCUT2D eigenvalue weighted by molar-refractivity contribution is -0.116. The minimum atomic E-state index is -0.103. The van der Waals surface area contributed by atoms with Gasteiger partial charge in [0.2, 0.25) is 5.91 Å². The van der Waals surface area contributed by atoms with Crippen LogP contribution in [-0.2, 0) is 11.3 Å². The van der Waals surface area contributed by atoms with Crippen LogP contribution in [0.4, 0.5) is 5.69 Å². The number of carbonyl (C=O) groups is 1. The Kier molecular flexibility index (Phi) is 3.62. The van der Waals surface area contributed by atoms with Crippen molar-refractivity contribution in [1.82, 2.24) is 9.78 Å². The van der Waals surface area contributed by atoms with E-state index in [2.05, 4.69) is 10.4 Å².